The normalized spacial score (nSPS) is 11.3. The first-order valence-electron chi connectivity index (χ1n) is 4.14. The van der Waals surface area contributed by atoms with Crippen LogP contribution >= 0.6 is 0 Å². The summed E-state index contributed by atoms with van der Waals surface area (Å²) in [5.74, 6) is -0.157. The van der Waals surface area contributed by atoms with Crippen molar-refractivity contribution in [2.45, 2.75) is 0 Å². The summed E-state index contributed by atoms with van der Waals surface area (Å²) in [6.45, 7) is 0. The number of aromatic nitrogens is 3. The quantitative estimate of drug-likeness (QED) is 0.747. The van der Waals surface area contributed by atoms with Crippen molar-refractivity contribution in [3.8, 4) is 11.4 Å². The molecule has 84 valence electrons. The average Bonchev–Trinajstić information content (AvgIpc) is 2.69. The van der Waals surface area contributed by atoms with Gasteiger partial charge in [0.15, 0.2) is 5.75 Å². The van der Waals surface area contributed by atoms with Crippen LogP contribution < -0.4 is 4.18 Å². The molecule has 0 spiro atoms. The lowest BCUT2D eigenvalue weighted by Gasteiger charge is -2.06. The molecule has 0 fully saturated rings. The van der Waals surface area contributed by atoms with E-state index in [1.165, 1.54) is 35.5 Å². The molecule has 0 unspecified atom stereocenters. The summed E-state index contributed by atoms with van der Waals surface area (Å²) in [6.07, 6.45) is 2.60. The minimum absolute atomic E-state index is 0.157. The molecule has 0 aliphatic rings. The number of hydrogen-bond donors (Lipinski definition) is 0. The Bertz CT molecular complexity index is 582. The lowest BCUT2D eigenvalue weighted by Crippen LogP contribution is -2.05. The van der Waals surface area contributed by atoms with E-state index in [1.807, 2.05) is 0 Å². The molecule has 2 aromatic rings. The zero-order chi connectivity index (χ0) is 11.6. The number of para-hydroxylation sites is 2. The monoisotopic (exact) mass is 243 g/mol. The maximum atomic E-state index is 12.4. The zero-order valence-electron chi connectivity index (χ0n) is 7.82. The molecule has 0 aliphatic carbocycles. The van der Waals surface area contributed by atoms with Gasteiger partial charge in [-0.15, -0.1) is 0 Å². The van der Waals surface area contributed by atoms with Gasteiger partial charge >= 0.3 is 10.5 Å². The fourth-order valence-corrected chi connectivity index (χ4v) is 1.51. The standard InChI is InChI=1S/C8H6FN3O3S/c9-16(13,14)15-8-4-2-1-3-7(8)12-6-10-5-11-12/h1-6H. The fourth-order valence-electron chi connectivity index (χ4n) is 1.16. The van der Waals surface area contributed by atoms with Gasteiger partial charge in [-0.1, -0.05) is 16.0 Å². The van der Waals surface area contributed by atoms with Gasteiger partial charge in [0.25, 0.3) is 0 Å². The molecule has 16 heavy (non-hydrogen) atoms. The smallest absolute Gasteiger partial charge is 0.356 e. The topological polar surface area (TPSA) is 74.1 Å². The van der Waals surface area contributed by atoms with Gasteiger partial charge in [-0.25, -0.2) is 9.67 Å². The van der Waals surface area contributed by atoms with Crippen molar-refractivity contribution in [1.82, 2.24) is 14.8 Å². The van der Waals surface area contributed by atoms with Gasteiger partial charge in [0, 0.05) is 0 Å². The van der Waals surface area contributed by atoms with Crippen molar-refractivity contribution in [3.63, 3.8) is 0 Å². The van der Waals surface area contributed by atoms with Crippen LogP contribution in [0.4, 0.5) is 3.89 Å². The van der Waals surface area contributed by atoms with Crippen LogP contribution in [0.2, 0.25) is 0 Å². The Balaban J connectivity index is 2.47. The molecular formula is C8H6FN3O3S. The van der Waals surface area contributed by atoms with Gasteiger partial charge in [0.2, 0.25) is 0 Å². The molecule has 2 rings (SSSR count). The van der Waals surface area contributed by atoms with E-state index in [9.17, 15) is 12.3 Å². The lowest BCUT2D eigenvalue weighted by atomic mass is 10.3. The van der Waals surface area contributed by atoms with E-state index in [2.05, 4.69) is 14.3 Å². The third-order valence-electron chi connectivity index (χ3n) is 1.72. The van der Waals surface area contributed by atoms with Gasteiger partial charge in [0.05, 0.1) is 0 Å². The van der Waals surface area contributed by atoms with E-state index < -0.39 is 10.5 Å². The maximum Gasteiger partial charge on any atom is 0.488 e. The lowest BCUT2D eigenvalue weighted by molar-refractivity contribution is 0.438. The highest BCUT2D eigenvalue weighted by Crippen LogP contribution is 2.23. The van der Waals surface area contributed by atoms with Crippen LogP contribution in [0.15, 0.2) is 36.9 Å². The Morgan fingerprint density at radius 3 is 2.69 bits per heavy atom. The third kappa shape index (κ3) is 2.34. The second kappa shape index (κ2) is 3.89. The molecule has 0 aliphatic heterocycles. The first-order valence-corrected chi connectivity index (χ1v) is 5.45. The van der Waals surface area contributed by atoms with E-state index in [1.54, 1.807) is 6.07 Å². The average molecular weight is 243 g/mol. The highest BCUT2D eigenvalue weighted by Gasteiger charge is 2.14. The Morgan fingerprint density at radius 2 is 2.06 bits per heavy atom. The molecule has 1 heterocycles. The maximum absolute atomic E-state index is 12.4. The largest absolute Gasteiger partial charge is 0.488 e. The Kier molecular flexibility index (Phi) is 2.57. The predicted octanol–water partition coefficient (Wildman–Crippen LogP) is 0.860. The highest BCUT2D eigenvalue weighted by molar-refractivity contribution is 7.81. The van der Waals surface area contributed by atoms with E-state index in [0.717, 1.165) is 0 Å². The van der Waals surface area contributed by atoms with E-state index >= 15 is 0 Å². The molecule has 0 amide bonds. The summed E-state index contributed by atoms with van der Waals surface area (Å²) < 4.78 is 38.6. The van der Waals surface area contributed by atoms with Crippen molar-refractivity contribution in [1.29, 1.82) is 0 Å². The Morgan fingerprint density at radius 1 is 1.31 bits per heavy atom. The van der Waals surface area contributed by atoms with Crippen molar-refractivity contribution >= 4 is 10.5 Å². The number of rotatable bonds is 3. The third-order valence-corrected chi connectivity index (χ3v) is 2.10. The van der Waals surface area contributed by atoms with Crippen molar-refractivity contribution < 1.29 is 16.5 Å². The number of nitrogens with zero attached hydrogens (tertiary/aromatic N) is 3. The van der Waals surface area contributed by atoms with Crippen LogP contribution in [-0.2, 0) is 10.5 Å². The summed E-state index contributed by atoms with van der Waals surface area (Å²) >= 11 is 0. The summed E-state index contributed by atoms with van der Waals surface area (Å²) in [7, 11) is -5.05. The molecule has 0 radical (unpaired) electrons. The molecule has 0 saturated carbocycles. The molecule has 0 N–H and O–H groups in total. The SMILES string of the molecule is O=S(=O)(F)Oc1ccccc1-n1cncn1. The van der Waals surface area contributed by atoms with Crippen LogP contribution in [0.1, 0.15) is 0 Å². The second-order valence-electron chi connectivity index (χ2n) is 2.78. The van der Waals surface area contributed by atoms with Crippen molar-refractivity contribution in [3.05, 3.63) is 36.9 Å². The van der Waals surface area contributed by atoms with E-state index in [0.29, 0.717) is 0 Å². The van der Waals surface area contributed by atoms with Gasteiger partial charge in [-0.2, -0.15) is 13.5 Å². The second-order valence-corrected chi connectivity index (χ2v) is 3.74. The van der Waals surface area contributed by atoms with Crippen LogP contribution in [0.25, 0.3) is 5.69 Å². The minimum Gasteiger partial charge on any atom is -0.356 e. The molecular weight excluding hydrogens is 237 g/mol. The number of benzene rings is 1. The van der Waals surface area contributed by atoms with Crippen molar-refractivity contribution in [2.75, 3.05) is 0 Å². The highest BCUT2D eigenvalue weighted by atomic mass is 32.3. The fraction of sp³-hybridized carbons (Fsp3) is 0. The van der Waals surface area contributed by atoms with Gasteiger partial charge in [0.1, 0.15) is 18.3 Å². The molecule has 0 bridgehead atoms. The molecule has 8 heteroatoms. The molecule has 0 atom stereocenters. The molecule has 1 aromatic carbocycles. The van der Waals surface area contributed by atoms with E-state index in [4.69, 9.17) is 0 Å². The predicted molar refractivity (Wildman–Crippen MR) is 52.0 cm³/mol. The van der Waals surface area contributed by atoms with Crippen LogP contribution in [0.3, 0.4) is 0 Å². The number of hydrogen-bond acceptors (Lipinski definition) is 5. The molecule has 6 nitrogen and oxygen atoms in total. The van der Waals surface area contributed by atoms with Crippen molar-refractivity contribution in [2.24, 2.45) is 0 Å². The van der Waals surface area contributed by atoms with Gasteiger partial charge in [-0.05, 0) is 12.1 Å². The van der Waals surface area contributed by atoms with E-state index in [-0.39, 0.29) is 11.4 Å². The first kappa shape index (κ1) is 10.6. The summed E-state index contributed by atoms with van der Waals surface area (Å²) in [4.78, 5) is 3.69. The summed E-state index contributed by atoms with van der Waals surface area (Å²) in [5, 5.41) is 3.79. The minimum atomic E-state index is -5.05. The summed E-state index contributed by atoms with van der Waals surface area (Å²) in [5.41, 5.74) is 0.279. The number of halogens is 1. The van der Waals surface area contributed by atoms with Gasteiger partial charge in [-0.3, -0.25) is 0 Å². The zero-order valence-corrected chi connectivity index (χ0v) is 8.63. The molecule has 0 saturated heterocycles. The van der Waals surface area contributed by atoms with Crippen LogP contribution in [-0.4, -0.2) is 23.2 Å². The first-order chi connectivity index (χ1) is 7.56. The Labute approximate surface area is 90.7 Å². The Hall–Kier alpha value is -1.96. The summed E-state index contributed by atoms with van der Waals surface area (Å²) in [6, 6.07) is 5.99. The van der Waals surface area contributed by atoms with Crippen LogP contribution in [0.5, 0.6) is 5.75 Å². The van der Waals surface area contributed by atoms with Crippen LogP contribution in [0, 0.1) is 0 Å². The van der Waals surface area contributed by atoms with Gasteiger partial charge < -0.3 is 4.18 Å². The molecule has 1 aromatic heterocycles.